The predicted octanol–water partition coefficient (Wildman–Crippen LogP) is 4.36. The number of aryl methyl sites for hydroxylation is 1. The van der Waals surface area contributed by atoms with Crippen molar-refractivity contribution in [2.45, 2.75) is 6.92 Å². The Labute approximate surface area is 115 Å². The van der Waals surface area contributed by atoms with E-state index in [9.17, 15) is 0 Å². The minimum atomic E-state index is 0.212. The lowest BCUT2D eigenvalue weighted by Crippen LogP contribution is -1.92. The molecule has 0 N–H and O–H groups in total. The first-order chi connectivity index (χ1) is 8.58. The van der Waals surface area contributed by atoms with Gasteiger partial charge in [-0.3, -0.25) is 0 Å². The fourth-order valence-corrected chi connectivity index (χ4v) is 1.75. The first kappa shape index (κ1) is 12.7. The summed E-state index contributed by atoms with van der Waals surface area (Å²) < 4.78 is 5.58. The van der Waals surface area contributed by atoms with Crippen molar-refractivity contribution in [3.05, 3.63) is 51.6 Å². The molecule has 0 saturated heterocycles. The molecule has 1 aromatic heterocycles. The van der Waals surface area contributed by atoms with Crippen LogP contribution in [-0.4, -0.2) is 4.98 Å². The van der Waals surface area contributed by atoms with Crippen LogP contribution in [0, 0.1) is 18.3 Å². The van der Waals surface area contributed by atoms with E-state index < -0.39 is 0 Å². The number of ether oxygens (including phenoxy) is 1. The van der Waals surface area contributed by atoms with Crippen LogP contribution in [0.25, 0.3) is 0 Å². The zero-order valence-corrected chi connectivity index (χ0v) is 11.0. The smallest absolute Gasteiger partial charge is 0.221 e. The van der Waals surface area contributed by atoms with Gasteiger partial charge >= 0.3 is 0 Å². The lowest BCUT2D eigenvalue weighted by molar-refractivity contribution is 0.459. The number of pyridine rings is 1. The average molecular weight is 279 g/mol. The van der Waals surface area contributed by atoms with Crippen LogP contribution in [0.15, 0.2) is 30.3 Å². The number of hydrogen-bond donors (Lipinski definition) is 0. The third-order valence-electron chi connectivity index (χ3n) is 2.26. The van der Waals surface area contributed by atoms with Gasteiger partial charge in [0.2, 0.25) is 5.88 Å². The lowest BCUT2D eigenvalue weighted by atomic mass is 10.2. The Hall–Kier alpha value is -1.76. The van der Waals surface area contributed by atoms with Gasteiger partial charge in [0.1, 0.15) is 10.9 Å². The molecule has 1 aromatic carbocycles. The molecular weight excluding hydrogens is 271 g/mol. The van der Waals surface area contributed by atoms with Gasteiger partial charge in [-0.1, -0.05) is 29.3 Å². The number of nitriles is 1. The van der Waals surface area contributed by atoms with Gasteiger partial charge in [-0.25, -0.2) is 4.98 Å². The van der Waals surface area contributed by atoms with Crippen LogP contribution in [-0.2, 0) is 0 Å². The van der Waals surface area contributed by atoms with Crippen molar-refractivity contribution >= 4 is 23.2 Å². The molecule has 0 fully saturated rings. The summed E-state index contributed by atoms with van der Waals surface area (Å²) in [6.07, 6.45) is 0. The number of halogens is 2. The highest BCUT2D eigenvalue weighted by molar-refractivity contribution is 6.30. The Bertz CT molecular complexity index is 635. The van der Waals surface area contributed by atoms with Gasteiger partial charge in [0, 0.05) is 11.1 Å². The zero-order chi connectivity index (χ0) is 13.1. The molecule has 0 spiro atoms. The van der Waals surface area contributed by atoms with Gasteiger partial charge in [0.05, 0.1) is 11.6 Å². The fourth-order valence-electron chi connectivity index (χ4n) is 1.39. The fraction of sp³-hybridized carbons (Fsp3) is 0.0769. The quantitative estimate of drug-likeness (QED) is 0.767. The van der Waals surface area contributed by atoms with Crippen LogP contribution in [0.4, 0.5) is 0 Å². The average Bonchev–Trinajstić information content (AvgIpc) is 2.33. The van der Waals surface area contributed by atoms with E-state index in [-0.39, 0.29) is 11.0 Å². The molecule has 5 heteroatoms. The van der Waals surface area contributed by atoms with Crippen molar-refractivity contribution in [3.63, 3.8) is 0 Å². The summed E-state index contributed by atoms with van der Waals surface area (Å²) in [4.78, 5) is 4.00. The second-order valence-corrected chi connectivity index (χ2v) is 4.46. The van der Waals surface area contributed by atoms with Crippen molar-refractivity contribution in [3.8, 4) is 17.7 Å². The molecule has 0 atom stereocenters. The van der Waals surface area contributed by atoms with Crippen LogP contribution < -0.4 is 4.74 Å². The molecule has 2 aromatic rings. The van der Waals surface area contributed by atoms with Crippen molar-refractivity contribution in [1.82, 2.24) is 4.98 Å². The molecule has 0 aliphatic rings. The monoisotopic (exact) mass is 278 g/mol. The molecule has 0 aliphatic heterocycles. The number of aromatic nitrogens is 1. The standard InChI is InChI=1S/C13H8Cl2N2O/c1-8-2-3-10(14)6-11(8)18-13-5-9(7-16)4-12(15)17-13/h2-6H,1H3. The number of rotatable bonds is 2. The minimum absolute atomic E-state index is 0.212. The Morgan fingerprint density at radius 2 is 2.00 bits per heavy atom. The summed E-state index contributed by atoms with van der Waals surface area (Å²) in [5.74, 6) is 0.852. The van der Waals surface area contributed by atoms with E-state index in [0.29, 0.717) is 16.3 Å². The minimum Gasteiger partial charge on any atom is -0.439 e. The Kier molecular flexibility index (Phi) is 3.71. The molecular formula is C13H8Cl2N2O. The summed E-state index contributed by atoms with van der Waals surface area (Å²) in [6, 6.07) is 10.3. The molecule has 0 radical (unpaired) electrons. The van der Waals surface area contributed by atoms with Gasteiger partial charge in [0.25, 0.3) is 0 Å². The predicted molar refractivity (Wildman–Crippen MR) is 70.2 cm³/mol. The maximum Gasteiger partial charge on any atom is 0.221 e. The number of benzene rings is 1. The first-order valence-electron chi connectivity index (χ1n) is 5.10. The molecule has 0 amide bonds. The van der Waals surface area contributed by atoms with E-state index in [2.05, 4.69) is 4.98 Å². The van der Waals surface area contributed by atoms with Gasteiger partial charge in [0.15, 0.2) is 0 Å². The maximum absolute atomic E-state index is 8.84. The molecule has 0 aliphatic carbocycles. The highest BCUT2D eigenvalue weighted by Crippen LogP contribution is 2.28. The van der Waals surface area contributed by atoms with Crippen LogP contribution in [0.1, 0.15) is 11.1 Å². The first-order valence-corrected chi connectivity index (χ1v) is 5.86. The van der Waals surface area contributed by atoms with E-state index in [1.54, 1.807) is 12.1 Å². The molecule has 3 nitrogen and oxygen atoms in total. The van der Waals surface area contributed by atoms with E-state index in [4.69, 9.17) is 33.2 Å². The van der Waals surface area contributed by atoms with E-state index in [0.717, 1.165) is 5.56 Å². The number of hydrogen-bond acceptors (Lipinski definition) is 3. The summed E-state index contributed by atoms with van der Waals surface area (Å²) in [6.45, 7) is 1.89. The highest BCUT2D eigenvalue weighted by Gasteiger charge is 2.06. The number of nitrogens with zero attached hydrogens (tertiary/aromatic N) is 2. The third-order valence-corrected chi connectivity index (χ3v) is 2.69. The van der Waals surface area contributed by atoms with Crippen LogP contribution in [0.5, 0.6) is 11.6 Å². The van der Waals surface area contributed by atoms with Crippen molar-refractivity contribution in [2.75, 3.05) is 0 Å². The molecule has 90 valence electrons. The Morgan fingerprint density at radius 1 is 1.22 bits per heavy atom. The maximum atomic E-state index is 8.84. The van der Waals surface area contributed by atoms with Gasteiger partial charge in [-0.05, 0) is 30.7 Å². The van der Waals surface area contributed by atoms with E-state index >= 15 is 0 Å². The van der Waals surface area contributed by atoms with Crippen molar-refractivity contribution in [1.29, 1.82) is 5.26 Å². The largest absolute Gasteiger partial charge is 0.439 e. The molecule has 0 bridgehead atoms. The summed E-state index contributed by atoms with van der Waals surface area (Å²) in [7, 11) is 0. The molecule has 18 heavy (non-hydrogen) atoms. The Balaban J connectivity index is 2.37. The van der Waals surface area contributed by atoms with Gasteiger partial charge in [-0.15, -0.1) is 0 Å². The molecule has 0 saturated carbocycles. The Morgan fingerprint density at radius 3 is 2.72 bits per heavy atom. The summed E-state index contributed by atoms with van der Waals surface area (Å²) >= 11 is 11.7. The SMILES string of the molecule is Cc1ccc(Cl)cc1Oc1cc(C#N)cc(Cl)n1. The highest BCUT2D eigenvalue weighted by atomic mass is 35.5. The normalized spacial score (nSPS) is 9.89. The van der Waals surface area contributed by atoms with E-state index in [1.165, 1.54) is 12.1 Å². The molecule has 0 unspecified atom stereocenters. The molecule has 1 heterocycles. The second-order valence-electron chi connectivity index (χ2n) is 3.64. The van der Waals surface area contributed by atoms with Gasteiger partial charge < -0.3 is 4.74 Å². The van der Waals surface area contributed by atoms with Gasteiger partial charge in [-0.2, -0.15) is 5.26 Å². The zero-order valence-electron chi connectivity index (χ0n) is 9.45. The summed E-state index contributed by atoms with van der Waals surface area (Å²) in [5.41, 5.74) is 1.31. The third kappa shape index (κ3) is 2.92. The lowest BCUT2D eigenvalue weighted by Gasteiger charge is -2.08. The topological polar surface area (TPSA) is 45.9 Å². The van der Waals surface area contributed by atoms with Crippen molar-refractivity contribution < 1.29 is 4.74 Å². The van der Waals surface area contributed by atoms with Crippen LogP contribution >= 0.6 is 23.2 Å². The second kappa shape index (κ2) is 5.26. The van der Waals surface area contributed by atoms with Crippen molar-refractivity contribution in [2.24, 2.45) is 0 Å². The summed E-state index contributed by atoms with van der Waals surface area (Å²) in [5, 5.41) is 9.62. The van der Waals surface area contributed by atoms with E-state index in [1.807, 2.05) is 19.1 Å². The van der Waals surface area contributed by atoms with Crippen LogP contribution in [0.2, 0.25) is 10.2 Å². The molecule has 2 rings (SSSR count). The van der Waals surface area contributed by atoms with Crippen LogP contribution in [0.3, 0.4) is 0 Å².